The molecule has 2 N–H and O–H groups in total. The molecule has 33 heavy (non-hydrogen) atoms. The summed E-state index contributed by atoms with van der Waals surface area (Å²) in [6, 6.07) is 18.8. The topological polar surface area (TPSA) is 97.0 Å². The van der Waals surface area contributed by atoms with E-state index in [1.165, 1.54) is 7.11 Å². The van der Waals surface area contributed by atoms with E-state index in [1.807, 2.05) is 60.7 Å². The smallest absolute Gasteiger partial charge is 0.408 e. The van der Waals surface area contributed by atoms with Crippen LogP contribution in [0.3, 0.4) is 0 Å². The van der Waals surface area contributed by atoms with Crippen LogP contribution in [0.2, 0.25) is 0 Å². The van der Waals surface area contributed by atoms with Crippen LogP contribution in [0.1, 0.15) is 30.9 Å². The van der Waals surface area contributed by atoms with E-state index in [2.05, 4.69) is 10.6 Å². The summed E-state index contributed by atoms with van der Waals surface area (Å²) in [7, 11) is 2.83. The number of benzene rings is 2. The van der Waals surface area contributed by atoms with E-state index in [9.17, 15) is 14.4 Å². The zero-order chi connectivity index (χ0) is 24.1. The number of nitrogens with one attached hydrogen (secondary N) is 2. The summed E-state index contributed by atoms with van der Waals surface area (Å²) in [5.74, 6) is -0.582. The second-order valence-corrected chi connectivity index (χ2v) is 7.64. The fraction of sp³-hybridized carbons (Fsp3) is 0.400. The molecular formula is C25H33N3O5. The normalized spacial score (nSPS) is 12.2. The largest absolute Gasteiger partial charge is 0.467 e. The monoisotopic (exact) mass is 455 g/mol. The maximum atomic E-state index is 12.7. The Kier molecular flexibility index (Phi) is 10.2. The van der Waals surface area contributed by atoms with Crippen LogP contribution in [0, 0.1) is 0 Å². The highest BCUT2D eigenvalue weighted by Gasteiger charge is 2.40. The van der Waals surface area contributed by atoms with Crippen LogP contribution in [0.25, 0.3) is 0 Å². The molecule has 0 saturated heterocycles. The Morgan fingerprint density at radius 2 is 1.55 bits per heavy atom. The van der Waals surface area contributed by atoms with E-state index >= 15 is 0 Å². The zero-order valence-corrected chi connectivity index (χ0v) is 19.5. The number of rotatable bonds is 11. The first kappa shape index (κ1) is 25.7. The molecule has 0 saturated carbocycles. The van der Waals surface area contributed by atoms with Gasteiger partial charge in [0.2, 0.25) is 0 Å². The molecule has 0 spiro atoms. The van der Waals surface area contributed by atoms with E-state index in [0.717, 1.165) is 11.1 Å². The van der Waals surface area contributed by atoms with E-state index in [4.69, 9.17) is 9.47 Å². The Labute approximate surface area is 195 Å². The Hall–Kier alpha value is -3.55. The molecule has 2 aromatic rings. The zero-order valence-electron chi connectivity index (χ0n) is 19.5. The maximum absolute atomic E-state index is 12.7. The maximum Gasteiger partial charge on any atom is 0.408 e. The Morgan fingerprint density at radius 3 is 2.09 bits per heavy atom. The molecule has 1 atom stereocenters. The number of hydrogen-bond acceptors (Lipinski definition) is 5. The predicted molar refractivity (Wildman–Crippen MR) is 126 cm³/mol. The number of nitrogens with zero attached hydrogens (tertiary/aromatic N) is 1. The molecule has 3 amide bonds. The lowest BCUT2D eigenvalue weighted by Gasteiger charge is -2.33. The number of ether oxygens (including phenoxy) is 2. The summed E-state index contributed by atoms with van der Waals surface area (Å²) >= 11 is 0. The highest BCUT2D eigenvalue weighted by Crippen LogP contribution is 2.19. The lowest BCUT2D eigenvalue weighted by Crippen LogP contribution is -2.57. The van der Waals surface area contributed by atoms with Crippen molar-refractivity contribution in [3.63, 3.8) is 0 Å². The van der Waals surface area contributed by atoms with Crippen molar-refractivity contribution in [1.29, 1.82) is 0 Å². The number of hydrogen-bond donors (Lipinski definition) is 2. The quantitative estimate of drug-likeness (QED) is 0.506. The van der Waals surface area contributed by atoms with Crippen LogP contribution in [-0.4, -0.2) is 55.8 Å². The van der Waals surface area contributed by atoms with Crippen LogP contribution >= 0.6 is 0 Å². The third-order valence-corrected chi connectivity index (χ3v) is 5.56. The Bertz CT molecular complexity index is 891. The Balaban J connectivity index is 2.06. The minimum Gasteiger partial charge on any atom is -0.467 e. The summed E-state index contributed by atoms with van der Waals surface area (Å²) in [5.41, 5.74) is 0.616. The van der Waals surface area contributed by atoms with E-state index < -0.39 is 17.6 Å². The predicted octanol–water partition coefficient (Wildman–Crippen LogP) is 3.51. The molecule has 0 aliphatic rings. The molecule has 8 nitrogen and oxygen atoms in total. The van der Waals surface area contributed by atoms with Crippen LogP contribution in [0.15, 0.2) is 60.7 Å². The molecule has 2 aromatic carbocycles. The van der Waals surface area contributed by atoms with E-state index in [0.29, 0.717) is 13.0 Å². The second kappa shape index (κ2) is 13.1. The van der Waals surface area contributed by atoms with Crippen LogP contribution in [0.5, 0.6) is 0 Å². The number of amides is 3. The molecule has 0 radical (unpaired) electrons. The molecule has 0 aliphatic heterocycles. The number of carbonyl (C=O) groups excluding carboxylic acids is 3. The van der Waals surface area contributed by atoms with Gasteiger partial charge in [-0.1, -0.05) is 67.6 Å². The number of esters is 1. The third kappa shape index (κ3) is 7.82. The first-order valence-electron chi connectivity index (χ1n) is 11.0. The van der Waals surface area contributed by atoms with Crippen molar-refractivity contribution in [2.75, 3.05) is 27.2 Å². The molecule has 0 aromatic heterocycles. The minimum absolute atomic E-state index is 0.0785. The van der Waals surface area contributed by atoms with Gasteiger partial charge < -0.3 is 25.0 Å². The van der Waals surface area contributed by atoms with Crippen molar-refractivity contribution in [1.82, 2.24) is 15.5 Å². The number of methoxy groups -OCH3 is 1. The molecule has 8 heteroatoms. The molecule has 0 bridgehead atoms. The van der Waals surface area contributed by atoms with Crippen molar-refractivity contribution < 1.29 is 23.9 Å². The fourth-order valence-corrected chi connectivity index (χ4v) is 3.48. The SMILES string of the molecule is CC[C@@](CCN(CCc1ccccc1)C(=O)NC)(NC(=O)OCc1ccccc1)C(=O)OC. The molecule has 2 rings (SSSR count). The van der Waals surface area contributed by atoms with Crippen LogP contribution < -0.4 is 10.6 Å². The van der Waals surface area contributed by atoms with Gasteiger partial charge in [-0.15, -0.1) is 0 Å². The standard InChI is InChI=1S/C25H33N3O5/c1-4-25(22(29)32-3,27-24(31)33-19-21-13-9-6-10-14-21)16-18-28(23(30)26-2)17-15-20-11-7-5-8-12-20/h5-14H,4,15-19H2,1-3H3,(H,26,30)(H,27,31)/t25-/m0/s1. The molecule has 0 fully saturated rings. The average molecular weight is 456 g/mol. The highest BCUT2D eigenvalue weighted by atomic mass is 16.6. The van der Waals surface area contributed by atoms with Crippen molar-refractivity contribution >= 4 is 18.1 Å². The third-order valence-electron chi connectivity index (χ3n) is 5.56. The molecule has 0 aliphatic carbocycles. The van der Waals surface area contributed by atoms with E-state index in [1.54, 1.807) is 18.9 Å². The number of alkyl carbamates (subject to hydrolysis) is 1. The van der Waals surface area contributed by atoms with Crippen molar-refractivity contribution in [2.24, 2.45) is 0 Å². The summed E-state index contributed by atoms with van der Waals surface area (Å²) in [5, 5.41) is 5.33. The summed E-state index contributed by atoms with van der Waals surface area (Å²) in [4.78, 5) is 39.3. The van der Waals surface area contributed by atoms with Crippen LogP contribution in [-0.2, 0) is 27.3 Å². The summed E-state index contributed by atoms with van der Waals surface area (Å²) in [6.45, 7) is 2.56. The number of urea groups is 1. The molecule has 178 valence electrons. The summed E-state index contributed by atoms with van der Waals surface area (Å²) < 4.78 is 10.3. The molecule has 0 unspecified atom stereocenters. The Morgan fingerprint density at radius 1 is 0.939 bits per heavy atom. The second-order valence-electron chi connectivity index (χ2n) is 7.64. The lowest BCUT2D eigenvalue weighted by molar-refractivity contribution is -0.149. The molecule has 0 heterocycles. The van der Waals surface area contributed by atoms with Crippen molar-refractivity contribution in [3.05, 3.63) is 71.8 Å². The molecular weight excluding hydrogens is 422 g/mol. The van der Waals surface area contributed by atoms with Gasteiger partial charge >= 0.3 is 18.1 Å². The van der Waals surface area contributed by atoms with Gasteiger partial charge in [0, 0.05) is 20.1 Å². The van der Waals surface area contributed by atoms with Gasteiger partial charge in [0.1, 0.15) is 12.1 Å². The highest BCUT2D eigenvalue weighted by molar-refractivity contribution is 5.85. The first-order chi connectivity index (χ1) is 15.9. The van der Waals surface area contributed by atoms with Gasteiger partial charge in [-0.05, 0) is 30.4 Å². The first-order valence-corrected chi connectivity index (χ1v) is 11.0. The minimum atomic E-state index is -1.32. The van der Waals surface area contributed by atoms with Gasteiger partial charge in [0.15, 0.2) is 0 Å². The van der Waals surface area contributed by atoms with Gasteiger partial charge in [0.25, 0.3) is 0 Å². The van der Waals surface area contributed by atoms with Gasteiger partial charge in [-0.2, -0.15) is 0 Å². The fourth-order valence-electron chi connectivity index (χ4n) is 3.48. The van der Waals surface area contributed by atoms with Crippen molar-refractivity contribution in [3.8, 4) is 0 Å². The van der Waals surface area contributed by atoms with Gasteiger partial charge in [-0.25, -0.2) is 14.4 Å². The van der Waals surface area contributed by atoms with Gasteiger partial charge in [0.05, 0.1) is 7.11 Å². The van der Waals surface area contributed by atoms with Crippen molar-refractivity contribution in [2.45, 2.75) is 38.3 Å². The van der Waals surface area contributed by atoms with Crippen LogP contribution in [0.4, 0.5) is 9.59 Å². The number of carbonyl (C=O) groups is 3. The summed E-state index contributed by atoms with van der Waals surface area (Å²) in [6.07, 6.45) is 0.402. The van der Waals surface area contributed by atoms with Gasteiger partial charge in [-0.3, -0.25) is 0 Å². The lowest BCUT2D eigenvalue weighted by atomic mass is 9.91. The van der Waals surface area contributed by atoms with E-state index in [-0.39, 0.29) is 32.0 Å². The average Bonchev–Trinajstić information content (AvgIpc) is 2.87.